The largest absolute Gasteiger partial charge is 0.490 e. The molecule has 2 unspecified atom stereocenters. The Morgan fingerprint density at radius 3 is 2.64 bits per heavy atom. The number of methoxy groups -OCH3 is 1. The van der Waals surface area contributed by atoms with Crippen molar-refractivity contribution in [2.24, 2.45) is 0 Å². The SMILES string of the molecule is COCCOc1ccc(N2C(=S)NC(c3ccccn3)C2c2ccc(-c3ccc(F)cc3)o2)cc1Cl. The molecule has 3 heterocycles. The zero-order valence-corrected chi connectivity index (χ0v) is 20.9. The summed E-state index contributed by atoms with van der Waals surface area (Å²) in [6, 6.07) is 20.6. The molecule has 1 aliphatic heterocycles. The molecule has 1 aliphatic rings. The van der Waals surface area contributed by atoms with Crippen LogP contribution in [0.3, 0.4) is 0 Å². The van der Waals surface area contributed by atoms with E-state index in [4.69, 9.17) is 37.7 Å². The van der Waals surface area contributed by atoms with Crippen molar-refractivity contribution in [3.05, 3.63) is 101 Å². The monoisotopic (exact) mass is 523 g/mol. The second-order valence-corrected chi connectivity index (χ2v) is 8.96. The molecule has 0 amide bonds. The minimum absolute atomic E-state index is 0.276. The zero-order valence-electron chi connectivity index (χ0n) is 19.4. The predicted molar refractivity (Wildman–Crippen MR) is 141 cm³/mol. The van der Waals surface area contributed by atoms with Gasteiger partial charge in [-0.15, -0.1) is 0 Å². The maximum atomic E-state index is 13.4. The standard InChI is InChI=1S/C27H23ClFN3O3S/c1-33-14-15-34-23-10-9-19(16-20(23)28)32-26(25(31-27(32)36)21-4-2-3-13-30-21)24-12-11-22(35-24)17-5-7-18(29)8-6-17/h2-13,16,25-26H,14-15H2,1H3,(H,31,36). The summed E-state index contributed by atoms with van der Waals surface area (Å²) >= 11 is 12.3. The molecule has 2 atom stereocenters. The third-order valence-corrected chi connectivity index (χ3v) is 6.49. The Morgan fingerprint density at radius 2 is 1.92 bits per heavy atom. The number of thiocarbonyl (C=S) groups is 1. The van der Waals surface area contributed by atoms with Crippen molar-refractivity contribution in [1.82, 2.24) is 10.3 Å². The van der Waals surface area contributed by atoms with E-state index in [-0.39, 0.29) is 17.9 Å². The summed E-state index contributed by atoms with van der Waals surface area (Å²) in [5.74, 6) is 1.56. The fourth-order valence-electron chi connectivity index (χ4n) is 4.19. The molecular formula is C27H23ClFN3O3S. The quantitative estimate of drug-likeness (QED) is 0.214. The summed E-state index contributed by atoms with van der Waals surface area (Å²) in [5, 5.41) is 4.36. The minimum Gasteiger partial charge on any atom is -0.490 e. The van der Waals surface area contributed by atoms with Gasteiger partial charge in [0.1, 0.15) is 35.7 Å². The van der Waals surface area contributed by atoms with E-state index in [9.17, 15) is 4.39 Å². The molecule has 4 aromatic rings. The minimum atomic E-state index is -0.349. The fraction of sp³-hybridized carbons (Fsp3) is 0.185. The van der Waals surface area contributed by atoms with Crippen molar-refractivity contribution in [3.63, 3.8) is 0 Å². The topological polar surface area (TPSA) is 59.8 Å². The molecular weight excluding hydrogens is 501 g/mol. The zero-order chi connectivity index (χ0) is 25.1. The van der Waals surface area contributed by atoms with Crippen LogP contribution in [0.15, 0.2) is 83.4 Å². The summed E-state index contributed by atoms with van der Waals surface area (Å²) in [5.41, 5.74) is 2.37. The van der Waals surface area contributed by atoms with E-state index >= 15 is 0 Å². The Balaban J connectivity index is 1.52. The van der Waals surface area contributed by atoms with Crippen molar-refractivity contribution >= 4 is 34.6 Å². The molecule has 0 bridgehead atoms. The Morgan fingerprint density at radius 1 is 1.08 bits per heavy atom. The highest BCUT2D eigenvalue weighted by atomic mass is 35.5. The lowest BCUT2D eigenvalue weighted by molar-refractivity contribution is 0.146. The number of benzene rings is 2. The molecule has 2 aromatic carbocycles. The summed E-state index contributed by atoms with van der Waals surface area (Å²) in [6.07, 6.45) is 1.74. The Kier molecular flexibility index (Phi) is 7.18. The first-order valence-electron chi connectivity index (χ1n) is 11.3. The van der Waals surface area contributed by atoms with Gasteiger partial charge in [0.2, 0.25) is 0 Å². The third kappa shape index (κ3) is 4.93. The van der Waals surface area contributed by atoms with Gasteiger partial charge >= 0.3 is 0 Å². The maximum absolute atomic E-state index is 13.4. The number of nitrogens with one attached hydrogen (secondary N) is 1. The first-order chi connectivity index (χ1) is 17.5. The van der Waals surface area contributed by atoms with Crippen molar-refractivity contribution in [2.75, 3.05) is 25.2 Å². The smallest absolute Gasteiger partial charge is 0.174 e. The molecule has 5 rings (SSSR count). The number of ether oxygens (including phenoxy) is 2. The van der Waals surface area contributed by atoms with E-state index in [1.54, 1.807) is 25.4 Å². The molecule has 2 aromatic heterocycles. The van der Waals surface area contributed by atoms with Crippen LogP contribution < -0.4 is 15.0 Å². The number of rotatable bonds is 8. The number of aromatic nitrogens is 1. The van der Waals surface area contributed by atoms with Crippen molar-refractivity contribution < 1.29 is 18.3 Å². The Bertz CT molecular complexity index is 1350. The third-order valence-electron chi connectivity index (χ3n) is 5.88. The molecule has 1 N–H and O–H groups in total. The highest BCUT2D eigenvalue weighted by molar-refractivity contribution is 7.80. The molecule has 0 saturated carbocycles. The van der Waals surface area contributed by atoms with Gasteiger partial charge in [0.25, 0.3) is 0 Å². The number of pyridine rings is 1. The van der Waals surface area contributed by atoms with Crippen LogP contribution in [0.2, 0.25) is 5.02 Å². The summed E-state index contributed by atoms with van der Waals surface area (Å²) < 4.78 is 30.5. The molecule has 184 valence electrons. The first kappa shape index (κ1) is 24.2. The van der Waals surface area contributed by atoms with Gasteiger partial charge in [-0.1, -0.05) is 17.7 Å². The second kappa shape index (κ2) is 10.7. The molecule has 6 nitrogen and oxygen atoms in total. The molecule has 9 heteroatoms. The van der Waals surface area contributed by atoms with Gasteiger partial charge < -0.3 is 24.1 Å². The van der Waals surface area contributed by atoms with Crippen LogP contribution in [0.25, 0.3) is 11.3 Å². The van der Waals surface area contributed by atoms with E-state index in [0.717, 1.165) is 16.9 Å². The van der Waals surface area contributed by atoms with Gasteiger partial charge in [-0.3, -0.25) is 4.98 Å². The predicted octanol–water partition coefficient (Wildman–Crippen LogP) is 6.34. The number of nitrogens with zero attached hydrogens (tertiary/aromatic N) is 2. The Hall–Kier alpha value is -3.46. The lowest BCUT2D eigenvalue weighted by atomic mass is 10.0. The first-order valence-corrected chi connectivity index (χ1v) is 12.1. The molecule has 36 heavy (non-hydrogen) atoms. The summed E-state index contributed by atoms with van der Waals surface area (Å²) in [7, 11) is 1.61. The van der Waals surface area contributed by atoms with Crippen LogP contribution in [0, 0.1) is 5.82 Å². The van der Waals surface area contributed by atoms with Gasteiger partial charge in [-0.2, -0.15) is 0 Å². The molecule has 0 aliphatic carbocycles. The van der Waals surface area contributed by atoms with Crippen LogP contribution in [0.5, 0.6) is 5.75 Å². The Labute approximate surface area is 218 Å². The van der Waals surface area contributed by atoms with Gasteiger partial charge in [-0.25, -0.2) is 4.39 Å². The molecule has 0 radical (unpaired) electrons. The van der Waals surface area contributed by atoms with Crippen molar-refractivity contribution in [2.45, 2.75) is 12.1 Å². The van der Waals surface area contributed by atoms with Crippen LogP contribution >= 0.6 is 23.8 Å². The maximum Gasteiger partial charge on any atom is 0.174 e. The summed E-state index contributed by atoms with van der Waals surface area (Å²) in [6.45, 7) is 0.850. The van der Waals surface area contributed by atoms with Crippen LogP contribution in [-0.4, -0.2) is 30.4 Å². The lowest BCUT2D eigenvalue weighted by Gasteiger charge is -2.26. The average Bonchev–Trinajstić information content (AvgIpc) is 3.51. The van der Waals surface area contributed by atoms with Crippen LogP contribution in [0.1, 0.15) is 23.5 Å². The number of furan rings is 1. The number of hydrogen-bond acceptors (Lipinski definition) is 5. The van der Waals surface area contributed by atoms with E-state index in [0.29, 0.717) is 40.6 Å². The van der Waals surface area contributed by atoms with Gasteiger partial charge in [0, 0.05) is 24.6 Å². The molecule has 0 spiro atoms. The molecule has 1 saturated heterocycles. The normalized spacial score (nSPS) is 17.3. The fourth-order valence-corrected chi connectivity index (χ4v) is 4.77. The summed E-state index contributed by atoms with van der Waals surface area (Å²) in [4.78, 5) is 6.52. The number of halogens is 2. The van der Waals surface area contributed by atoms with E-state index in [1.807, 2.05) is 53.4 Å². The van der Waals surface area contributed by atoms with Gasteiger partial charge in [0.05, 0.1) is 23.4 Å². The van der Waals surface area contributed by atoms with Crippen LogP contribution in [-0.2, 0) is 4.74 Å². The highest BCUT2D eigenvalue weighted by Crippen LogP contribution is 2.44. The van der Waals surface area contributed by atoms with E-state index in [2.05, 4.69) is 10.3 Å². The lowest BCUT2D eigenvalue weighted by Crippen LogP contribution is -2.29. The van der Waals surface area contributed by atoms with Crippen molar-refractivity contribution in [3.8, 4) is 17.1 Å². The van der Waals surface area contributed by atoms with E-state index < -0.39 is 0 Å². The highest BCUT2D eigenvalue weighted by Gasteiger charge is 2.42. The van der Waals surface area contributed by atoms with Gasteiger partial charge in [-0.05, 0) is 78.9 Å². The average molecular weight is 524 g/mol. The molecule has 1 fully saturated rings. The van der Waals surface area contributed by atoms with Gasteiger partial charge in [0.15, 0.2) is 5.11 Å². The number of hydrogen-bond donors (Lipinski definition) is 1. The van der Waals surface area contributed by atoms with E-state index in [1.165, 1.54) is 12.1 Å². The second-order valence-electron chi connectivity index (χ2n) is 8.16. The van der Waals surface area contributed by atoms with Crippen LogP contribution in [0.4, 0.5) is 10.1 Å². The van der Waals surface area contributed by atoms with Crippen molar-refractivity contribution in [1.29, 1.82) is 0 Å². The number of anilines is 1.